The molecule has 0 radical (unpaired) electrons. The maximum atomic E-state index is 10.0. The van der Waals surface area contributed by atoms with E-state index in [4.69, 9.17) is 14.8 Å². The maximum absolute atomic E-state index is 10.0. The molecule has 34 heavy (non-hydrogen) atoms. The number of rotatable bonds is 8. The first-order chi connectivity index (χ1) is 16.7. The van der Waals surface area contributed by atoms with Crippen LogP contribution in [-0.2, 0) is 11.3 Å². The Morgan fingerprint density at radius 3 is 2.59 bits per heavy atom. The molecule has 0 bridgehead atoms. The smallest absolute Gasteiger partial charge is 0.241 e. The first-order valence-electron chi connectivity index (χ1n) is 12.8. The van der Waals surface area contributed by atoms with Crippen molar-refractivity contribution in [3.8, 4) is 11.3 Å². The van der Waals surface area contributed by atoms with Gasteiger partial charge in [-0.3, -0.25) is 4.90 Å². The number of nitrogens with zero attached hydrogens (tertiary/aromatic N) is 5. The van der Waals surface area contributed by atoms with E-state index in [1.54, 1.807) is 0 Å². The Bertz CT molecular complexity index is 1070. The van der Waals surface area contributed by atoms with Gasteiger partial charge >= 0.3 is 0 Å². The second-order valence-corrected chi connectivity index (χ2v) is 9.57. The van der Waals surface area contributed by atoms with Crippen molar-refractivity contribution in [1.82, 2.24) is 24.5 Å². The summed E-state index contributed by atoms with van der Waals surface area (Å²) >= 11 is 0. The van der Waals surface area contributed by atoms with E-state index >= 15 is 0 Å². The molecule has 0 amide bonds. The zero-order valence-electron chi connectivity index (χ0n) is 20.1. The van der Waals surface area contributed by atoms with E-state index in [0.29, 0.717) is 11.9 Å². The summed E-state index contributed by atoms with van der Waals surface area (Å²) in [7, 11) is 0. The Labute approximate surface area is 201 Å². The van der Waals surface area contributed by atoms with Crippen molar-refractivity contribution in [2.75, 3.05) is 38.2 Å². The number of anilines is 1. The number of aromatic nitrogens is 4. The zero-order valence-corrected chi connectivity index (χ0v) is 20.1. The normalized spacial score (nSPS) is 21.7. The number of unbranched alkanes of at least 4 members (excludes halogenated alkanes) is 1. The topological polar surface area (TPSA) is 87.8 Å². The van der Waals surface area contributed by atoms with Gasteiger partial charge < -0.3 is 15.2 Å². The number of ether oxygens (including phenoxy) is 1. The lowest BCUT2D eigenvalue weighted by Crippen LogP contribution is -2.35. The molecule has 1 saturated carbocycles. The van der Waals surface area contributed by atoms with E-state index in [1.165, 1.54) is 5.56 Å². The van der Waals surface area contributed by atoms with Crippen molar-refractivity contribution >= 4 is 11.5 Å². The molecule has 8 heteroatoms. The van der Waals surface area contributed by atoms with Crippen LogP contribution in [0.3, 0.4) is 0 Å². The average molecular weight is 465 g/mol. The molecular formula is C26H36N6O2. The molecule has 2 aromatic heterocycles. The van der Waals surface area contributed by atoms with Gasteiger partial charge in [-0.25, -0.2) is 14.5 Å². The van der Waals surface area contributed by atoms with Crippen LogP contribution >= 0.6 is 0 Å². The van der Waals surface area contributed by atoms with Crippen molar-refractivity contribution in [2.24, 2.45) is 0 Å². The van der Waals surface area contributed by atoms with Crippen LogP contribution in [0.5, 0.6) is 0 Å². The fraction of sp³-hybridized carbons (Fsp3) is 0.577. The van der Waals surface area contributed by atoms with Crippen LogP contribution in [0.25, 0.3) is 16.8 Å². The number of morpholine rings is 1. The van der Waals surface area contributed by atoms with Crippen molar-refractivity contribution < 1.29 is 9.84 Å². The molecule has 1 aliphatic carbocycles. The van der Waals surface area contributed by atoms with E-state index < -0.39 is 0 Å². The third kappa shape index (κ3) is 5.24. The Balaban J connectivity index is 1.43. The molecule has 1 saturated heterocycles. The van der Waals surface area contributed by atoms with Gasteiger partial charge in [0, 0.05) is 37.7 Å². The predicted molar refractivity (Wildman–Crippen MR) is 133 cm³/mol. The average Bonchev–Trinajstić information content (AvgIpc) is 3.25. The van der Waals surface area contributed by atoms with E-state index in [2.05, 4.69) is 46.4 Å². The van der Waals surface area contributed by atoms with Gasteiger partial charge in [-0.05, 0) is 37.7 Å². The molecule has 2 aliphatic rings. The van der Waals surface area contributed by atoms with Crippen LogP contribution in [0.15, 0.2) is 30.5 Å². The summed E-state index contributed by atoms with van der Waals surface area (Å²) < 4.78 is 7.45. The summed E-state index contributed by atoms with van der Waals surface area (Å²) in [6, 6.07) is 8.74. The SMILES string of the molecule is CCCCNc1ncc2c(-c3ccc(CN4CCOCC4)cc3)nc([C@H]3CC[C@@H](O)CC3)n2n1. The summed E-state index contributed by atoms with van der Waals surface area (Å²) in [6.45, 7) is 7.58. The molecule has 1 aliphatic heterocycles. The summed E-state index contributed by atoms with van der Waals surface area (Å²) in [5.74, 6) is 1.92. The number of aliphatic hydroxyl groups is 1. The second-order valence-electron chi connectivity index (χ2n) is 9.57. The van der Waals surface area contributed by atoms with Gasteiger partial charge in [-0.2, -0.15) is 0 Å². The number of benzene rings is 1. The van der Waals surface area contributed by atoms with E-state index in [-0.39, 0.29) is 6.10 Å². The molecule has 8 nitrogen and oxygen atoms in total. The zero-order chi connectivity index (χ0) is 23.3. The minimum absolute atomic E-state index is 0.193. The van der Waals surface area contributed by atoms with Gasteiger partial charge in [0.2, 0.25) is 5.95 Å². The van der Waals surface area contributed by atoms with Gasteiger partial charge in [-0.1, -0.05) is 37.6 Å². The summed E-state index contributed by atoms with van der Waals surface area (Å²) in [6.07, 6.45) is 7.41. The van der Waals surface area contributed by atoms with Crippen LogP contribution in [0.2, 0.25) is 0 Å². The Morgan fingerprint density at radius 1 is 1.09 bits per heavy atom. The lowest BCUT2D eigenvalue weighted by Gasteiger charge is -2.26. The van der Waals surface area contributed by atoms with Crippen molar-refractivity contribution in [3.63, 3.8) is 0 Å². The monoisotopic (exact) mass is 464 g/mol. The van der Waals surface area contributed by atoms with Gasteiger partial charge in [0.1, 0.15) is 11.3 Å². The quantitative estimate of drug-likeness (QED) is 0.490. The number of aliphatic hydroxyl groups excluding tert-OH is 1. The molecule has 3 heterocycles. The number of imidazole rings is 1. The Morgan fingerprint density at radius 2 is 1.85 bits per heavy atom. The van der Waals surface area contributed by atoms with Crippen molar-refractivity contribution in [2.45, 2.75) is 64.0 Å². The minimum Gasteiger partial charge on any atom is -0.393 e. The highest BCUT2D eigenvalue weighted by Gasteiger charge is 2.27. The van der Waals surface area contributed by atoms with Crippen molar-refractivity contribution in [1.29, 1.82) is 0 Å². The highest BCUT2D eigenvalue weighted by molar-refractivity contribution is 5.77. The largest absolute Gasteiger partial charge is 0.393 e. The first kappa shape index (κ1) is 23.2. The lowest BCUT2D eigenvalue weighted by molar-refractivity contribution is 0.0342. The number of hydrogen-bond acceptors (Lipinski definition) is 7. The molecule has 0 spiro atoms. The maximum Gasteiger partial charge on any atom is 0.241 e. The van der Waals surface area contributed by atoms with Crippen LogP contribution < -0.4 is 5.32 Å². The second kappa shape index (κ2) is 10.8. The van der Waals surface area contributed by atoms with E-state index in [1.807, 2.05) is 10.7 Å². The van der Waals surface area contributed by atoms with Gasteiger partial charge in [0.15, 0.2) is 0 Å². The number of nitrogens with one attached hydrogen (secondary N) is 1. The standard InChI is InChI=1S/C26H36N6O2/c1-2-3-12-27-26-28-17-23-24(29-25(32(23)30-26)21-8-10-22(33)11-9-21)20-6-4-19(5-7-20)18-31-13-15-34-16-14-31/h4-7,17,21-22,33H,2-3,8-16,18H2,1H3,(H,27,30)/t21-,22+. The number of fused-ring (bicyclic) bond motifs is 1. The minimum atomic E-state index is -0.193. The molecule has 1 aromatic carbocycles. The fourth-order valence-electron chi connectivity index (χ4n) is 4.96. The molecule has 0 unspecified atom stereocenters. The van der Waals surface area contributed by atoms with Crippen LogP contribution in [-0.4, -0.2) is 68.5 Å². The Hall–Kier alpha value is -2.55. The van der Waals surface area contributed by atoms with Gasteiger partial charge in [0.25, 0.3) is 0 Å². The van der Waals surface area contributed by atoms with Crippen LogP contribution in [0.1, 0.15) is 62.8 Å². The fourth-order valence-corrected chi connectivity index (χ4v) is 4.96. The van der Waals surface area contributed by atoms with Gasteiger partial charge in [0.05, 0.1) is 31.2 Å². The molecule has 2 N–H and O–H groups in total. The molecule has 3 aromatic rings. The molecule has 0 atom stereocenters. The molecular weight excluding hydrogens is 428 g/mol. The van der Waals surface area contributed by atoms with E-state index in [0.717, 1.165) is 101 Å². The number of hydrogen-bond donors (Lipinski definition) is 2. The van der Waals surface area contributed by atoms with Crippen LogP contribution in [0.4, 0.5) is 5.95 Å². The third-order valence-corrected chi connectivity index (χ3v) is 7.03. The Kier molecular flexibility index (Phi) is 7.37. The van der Waals surface area contributed by atoms with Crippen LogP contribution in [0, 0.1) is 0 Å². The highest BCUT2D eigenvalue weighted by atomic mass is 16.5. The molecule has 182 valence electrons. The predicted octanol–water partition coefficient (Wildman–Crippen LogP) is 3.85. The first-order valence-corrected chi connectivity index (χ1v) is 12.8. The van der Waals surface area contributed by atoms with Crippen molar-refractivity contribution in [3.05, 3.63) is 41.9 Å². The highest BCUT2D eigenvalue weighted by Crippen LogP contribution is 2.35. The molecule has 2 fully saturated rings. The summed E-state index contributed by atoms with van der Waals surface area (Å²) in [5, 5.41) is 18.2. The summed E-state index contributed by atoms with van der Waals surface area (Å²) in [5.41, 5.74) is 4.25. The third-order valence-electron chi connectivity index (χ3n) is 7.03. The lowest BCUT2D eigenvalue weighted by atomic mass is 9.87. The van der Waals surface area contributed by atoms with Gasteiger partial charge in [-0.15, -0.1) is 5.10 Å². The van der Waals surface area contributed by atoms with E-state index in [9.17, 15) is 5.11 Å². The summed E-state index contributed by atoms with van der Waals surface area (Å²) in [4.78, 5) is 12.1. The molecule has 5 rings (SSSR count).